The molecule has 0 saturated carbocycles. The lowest BCUT2D eigenvalue weighted by molar-refractivity contribution is 0.0580. The van der Waals surface area contributed by atoms with Crippen molar-refractivity contribution in [3.63, 3.8) is 0 Å². The summed E-state index contributed by atoms with van der Waals surface area (Å²) in [5, 5.41) is 0. The average Bonchev–Trinajstić information content (AvgIpc) is 3.34. The number of fused-ring (bicyclic) bond motifs is 2. The Kier molecular flexibility index (Phi) is 5.05. The minimum absolute atomic E-state index is 0.0177. The number of carbonyl (C=O) groups is 1. The van der Waals surface area contributed by atoms with Crippen LogP contribution < -0.4 is 5.73 Å². The summed E-state index contributed by atoms with van der Waals surface area (Å²) in [6.07, 6.45) is 5.39. The maximum Gasteiger partial charge on any atom is 0.264 e. The molecule has 2 aliphatic heterocycles. The zero-order chi connectivity index (χ0) is 21.5. The smallest absolute Gasteiger partial charge is 0.264 e. The lowest BCUT2D eigenvalue weighted by Gasteiger charge is -2.37. The van der Waals surface area contributed by atoms with E-state index in [1.54, 1.807) is 12.3 Å². The number of nitrogens with two attached hydrogens (primary N) is 1. The number of hydrogen-bond donors (Lipinski definition) is 1. The molecule has 2 saturated heterocycles. The molecule has 2 aliphatic rings. The second-order valence-electron chi connectivity index (χ2n) is 8.18. The molecular weight excluding hydrogens is 411 g/mol. The van der Waals surface area contributed by atoms with Gasteiger partial charge in [-0.15, -0.1) is 11.3 Å². The van der Waals surface area contributed by atoms with Gasteiger partial charge in [0.15, 0.2) is 0 Å². The number of aromatic nitrogens is 1. The highest BCUT2D eigenvalue weighted by Gasteiger charge is 2.43. The highest BCUT2D eigenvalue weighted by molar-refractivity contribution is 7.18. The first-order valence-electron chi connectivity index (χ1n) is 10.4. The Bertz CT molecular complexity index is 1170. The fraction of sp³-hybridized carbons (Fsp3) is 0.292. The summed E-state index contributed by atoms with van der Waals surface area (Å²) in [5.74, 6) is -0.548. The Morgan fingerprint density at radius 2 is 1.97 bits per heavy atom. The number of amides is 1. The van der Waals surface area contributed by atoms with Gasteiger partial charge in [0.1, 0.15) is 5.82 Å². The number of pyridine rings is 1. The van der Waals surface area contributed by atoms with E-state index < -0.39 is 5.82 Å². The number of piperidine rings is 1. The van der Waals surface area contributed by atoms with Crippen molar-refractivity contribution in [2.24, 2.45) is 5.73 Å². The number of rotatable bonds is 3. The molecule has 5 nitrogen and oxygen atoms in total. The van der Waals surface area contributed by atoms with E-state index in [-0.39, 0.29) is 29.7 Å². The van der Waals surface area contributed by atoms with Gasteiger partial charge in [-0.25, -0.2) is 9.24 Å². The molecule has 31 heavy (non-hydrogen) atoms. The molecule has 2 unspecified atom stereocenters. The lowest BCUT2D eigenvalue weighted by atomic mass is 9.97. The van der Waals surface area contributed by atoms with Crippen LogP contribution in [-0.4, -0.2) is 33.9 Å². The van der Waals surface area contributed by atoms with Crippen LogP contribution in [0.4, 0.5) is 10.1 Å². The van der Waals surface area contributed by atoms with E-state index in [0.29, 0.717) is 10.4 Å². The van der Waals surface area contributed by atoms with Crippen molar-refractivity contribution >= 4 is 22.9 Å². The Morgan fingerprint density at radius 1 is 1.19 bits per heavy atom. The fourth-order valence-corrected chi connectivity index (χ4v) is 5.94. The van der Waals surface area contributed by atoms with Crippen molar-refractivity contribution < 1.29 is 9.18 Å². The molecule has 2 N–H and O–H groups in total. The van der Waals surface area contributed by atoms with Crippen LogP contribution >= 0.6 is 11.3 Å². The molecule has 156 valence electrons. The van der Waals surface area contributed by atoms with E-state index in [4.69, 9.17) is 12.3 Å². The first-order chi connectivity index (χ1) is 15.0. The third kappa shape index (κ3) is 3.52. The third-order valence-corrected chi connectivity index (χ3v) is 7.37. The summed E-state index contributed by atoms with van der Waals surface area (Å²) in [5.41, 5.74) is 8.28. The van der Waals surface area contributed by atoms with Gasteiger partial charge in [-0.1, -0.05) is 18.2 Å². The van der Waals surface area contributed by atoms with E-state index in [2.05, 4.69) is 9.83 Å². The Labute approximate surface area is 184 Å². The summed E-state index contributed by atoms with van der Waals surface area (Å²) in [4.78, 5) is 24.6. The minimum Gasteiger partial charge on any atom is -0.332 e. The minimum atomic E-state index is -0.568. The van der Waals surface area contributed by atoms with Crippen LogP contribution in [0.3, 0.4) is 0 Å². The number of carbonyl (C=O) groups excluding carboxylic acids is 1. The van der Waals surface area contributed by atoms with E-state index in [9.17, 15) is 9.18 Å². The Hall–Kier alpha value is -3.08. The quantitative estimate of drug-likeness (QED) is 0.574. The van der Waals surface area contributed by atoms with E-state index in [1.807, 2.05) is 29.2 Å². The summed E-state index contributed by atoms with van der Waals surface area (Å²) in [6.45, 7) is 7.09. The van der Waals surface area contributed by atoms with Gasteiger partial charge >= 0.3 is 0 Å². The SMILES string of the molecule is [C-]#[N+]c1ccc(-c2cc(C(=O)N3C4CCC3CC(N)C4)sc2-c2ccccn2)cc1F. The van der Waals surface area contributed by atoms with Crippen LogP contribution in [0, 0.1) is 12.4 Å². The Morgan fingerprint density at radius 3 is 2.61 bits per heavy atom. The van der Waals surface area contributed by atoms with Crippen molar-refractivity contribution in [2.75, 3.05) is 0 Å². The van der Waals surface area contributed by atoms with Crippen LogP contribution in [-0.2, 0) is 0 Å². The van der Waals surface area contributed by atoms with Gasteiger partial charge in [-0.05, 0) is 55.5 Å². The molecule has 0 spiro atoms. The van der Waals surface area contributed by atoms with Crippen molar-refractivity contribution in [1.82, 2.24) is 9.88 Å². The second kappa shape index (κ2) is 7.88. The molecular formula is C24H21FN4OS. The summed E-state index contributed by atoms with van der Waals surface area (Å²) in [7, 11) is 0. The molecule has 0 aliphatic carbocycles. The molecule has 7 heteroatoms. The predicted octanol–water partition coefficient (Wildman–Crippen LogP) is 5.26. The number of benzene rings is 1. The van der Waals surface area contributed by atoms with Gasteiger partial charge in [0.2, 0.25) is 5.69 Å². The van der Waals surface area contributed by atoms with Crippen LogP contribution in [0.15, 0.2) is 48.7 Å². The number of thiophene rings is 1. The molecule has 2 atom stereocenters. The first-order valence-corrected chi connectivity index (χ1v) is 11.2. The van der Waals surface area contributed by atoms with Gasteiger partial charge in [0.05, 0.1) is 22.0 Å². The molecule has 1 amide bonds. The molecule has 3 aromatic rings. The normalized spacial score (nSPS) is 22.4. The van der Waals surface area contributed by atoms with Crippen LogP contribution in [0.25, 0.3) is 26.5 Å². The van der Waals surface area contributed by atoms with E-state index in [0.717, 1.165) is 41.8 Å². The third-order valence-electron chi connectivity index (χ3n) is 6.22. The molecule has 5 rings (SSSR count). The number of hydrogen-bond acceptors (Lipinski definition) is 4. The molecule has 1 aromatic carbocycles. The van der Waals surface area contributed by atoms with Gasteiger partial charge in [-0.2, -0.15) is 0 Å². The van der Waals surface area contributed by atoms with Crippen LogP contribution in [0.5, 0.6) is 0 Å². The van der Waals surface area contributed by atoms with Gasteiger partial charge in [0, 0.05) is 29.9 Å². The zero-order valence-electron chi connectivity index (χ0n) is 16.8. The van der Waals surface area contributed by atoms with Crippen molar-refractivity contribution in [2.45, 2.75) is 43.8 Å². The maximum atomic E-state index is 14.4. The monoisotopic (exact) mass is 432 g/mol. The predicted molar refractivity (Wildman–Crippen MR) is 119 cm³/mol. The van der Waals surface area contributed by atoms with Crippen molar-refractivity contribution in [3.05, 3.63) is 70.8 Å². The van der Waals surface area contributed by atoms with Gasteiger partial charge in [-0.3, -0.25) is 9.78 Å². The topological polar surface area (TPSA) is 63.6 Å². The number of halogens is 1. The largest absolute Gasteiger partial charge is 0.332 e. The molecule has 2 bridgehead atoms. The second-order valence-corrected chi connectivity index (χ2v) is 9.23. The number of nitrogens with zero attached hydrogens (tertiary/aromatic N) is 3. The van der Waals surface area contributed by atoms with Crippen LogP contribution in [0.2, 0.25) is 0 Å². The molecule has 0 radical (unpaired) electrons. The lowest BCUT2D eigenvalue weighted by Crippen LogP contribution is -2.49. The molecule has 2 fully saturated rings. The summed E-state index contributed by atoms with van der Waals surface area (Å²) >= 11 is 1.39. The van der Waals surface area contributed by atoms with Crippen LogP contribution in [0.1, 0.15) is 35.4 Å². The standard InChI is InChI=1S/C24H21FN4OS/c1-27-20-8-5-14(10-19(20)25)18-13-22(31-23(18)21-4-2-3-9-28-21)24(30)29-16-6-7-17(29)12-15(26)11-16/h2-5,8-10,13,15-17H,6-7,11-12,26H2. The fourth-order valence-electron chi connectivity index (χ4n) is 4.84. The van der Waals surface area contributed by atoms with E-state index in [1.165, 1.54) is 23.5 Å². The molecule has 2 aromatic heterocycles. The van der Waals surface area contributed by atoms with Crippen molar-refractivity contribution in [3.8, 4) is 21.7 Å². The summed E-state index contributed by atoms with van der Waals surface area (Å²) < 4.78 is 14.4. The van der Waals surface area contributed by atoms with Gasteiger partial charge in [0.25, 0.3) is 5.91 Å². The first kappa shape index (κ1) is 19.9. The summed E-state index contributed by atoms with van der Waals surface area (Å²) in [6, 6.07) is 12.6. The highest BCUT2D eigenvalue weighted by Crippen LogP contribution is 2.42. The Balaban J connectivity index is 1.58. The maximum absolute atomic E-state index is 14.4. The zero-order valence-corrected chi connectivity index (χ0v) is 17.6. The average molecular weight is 433 g/mol. The van der Waals surface area contributed by atoms with Gasteiger partial charge < -0.3 is 10.6 Å². The highest BCUT2D eigenvalue weighted by atomic mass is 32.1. The van der Waals surface area contributed by atoms with E-state index >= 15 is 0 Å². The molecule has 4 heterocycles. The van der Waals surface area contributed by atoms with Crippen molar-refractivity contribution in [1.29, 1.82) is 0 Å².